The lowest BCUT2D eigenvalue weighted by atomic mass is 10.2. The molecule has 0 saturated carbocycles. The Hall–Kier alpha value is -2.68. The van der Waals surface area contributed by atoms with Crippen molar-refractivity contribution in [1.82, 2.24) is 10.3 Å². The van der Waals surface area contributed by atoms with Gasteiger partial charge in [0.05, 0.1) is 37.6 Å². The Balaban J connectivity index is 1.63. The van der Waals surface area contributed by atoms with Crippen molar-refractivity contribution in [2.24, 2.45) is 5.10 Å². The van der Waals surface area contributed by atoms with Gasteiger partial charge in [-0.1, -0.05) is 29.8 Å². The third kappa shape index (κ3) is 6.92. The molecule has 1 aliphatic rings. The smallest absolute Gasteiger partial charge is 0.254 e. The molecule has 1 amide bonds. The van der Waals surface area contributed by atoms with Gasteiger partial charge in [0.2, 0.25) is 0 Å². The first-order valence-electron chi connectivity index (χ1n) is 10.0. The van der Waals surface area contributed by atoms with Crippen LogP contribution in [0.1, 0.15) is 18.1 Å². The SMILES string of the molecule is CCOc1cc(/C=N/NC(=O)CN2CCOCC2)cc(Cl)c1OCc1ccccc1F. The van der Waals surface area contributed by atoms with Crippen LogP contribution in [0.15, 0.2) is 41.5 Å². The molecule has 1 heterocycles. The van der Waals surface area contributed by atoms with Gasteiger partial charge < -0.3 is 14.2 Å². The number of carbonyl (C=O) groups is 1. The number of ether oxygens (including phenoxy) is 3. The number of hydrogen-bond acceptors (Lipinski definition) is 6. The second-order valence-corrected chi connectivity index (χ2v) is 7.23. The van der Waals surface area contributed by atoms with Crippen molar-refractivity contribution < 1.29 is 23.4 Å². The fourth-order valence-electron chi connectivity index (χ4n) is 3.01. The van der Waals surface area contributed by atoms with Crippen LogP contribution in [-0.4, -0.2) is 56.5 Å². The number of nitrogens with zero attached hydrogens (tertiary/aromatic N) is 2. The summed E-state index contributed by atoms with van der Waals surface area (Å²) in [6.07, 6.45) is 1.48. The molecule has 1 N–H and O–H groups in total. The highest BCUT2D eigenvalue weighted by Crippen LogP contribution is 2.37. The summed E-state index contributed by atoms with van der Waals surface area (Å²) < 4.78 is 30.5. The molecule has 0 atom stereocenters. The Labute approximate surface area is 185 Å². The van der Waals surface area contributed by atoms with Crippen molar-refractivity contribution in [2.75, 3.05) is 39.5 Å². The number of hydrazone groups is 1. The average molecular weight is 450 g/mol. The molecule has 7 nitrogen and oxygen atoms in total. The summed E-state index contributed by atoms with van der Waals surface area (Å²) in [6.45, 7) is 5.19. The summed E-state index contributed by atoms with van der Waals surface area (Å²) in [5, 5.41) is 4.29. The molecule has 2 aromatic rings. The van der Waals surface area contributed by atoms with E-state index in [-0.39, 0.29) is 24.9 Å². The normalized spacial score (nSPS) is 14.5. The standard InChI is InChI=1S/C22H25ClFN3O4/c1-2-30-20-12-16(13-25-26-21(28)14-27-7-9-29-10-8-27)11-18(23)22(20)31-15-17-5-3-4-6-19(17)24/h3-6,11-13H,2,7-10,14-15H2,1H3,(H,26,28)/b25-13+. The Morgan fingerprint density at radius 3 is 2.81 bits per heavy atom. The van der Waals surface area contributed by atoms with Crippen molar-refractivity contribution in [3.8, 4) is 11.5 Å². The summed E-state index contributed by atoms with van der Waals surface area (Å²) in [6, 6.07) is 9.70. The van der Waals surface area contributed by atoms with Gasteiger partial charge in [0.1, 0.15) is 12.4 Å². The van der Waals surface area contributed by atoms with Crippen molar-refractivity contribution in [3.05, 3.63) is 58.4 Å². The van der Waals surface area contributed by atoms with Crippen molar-refractivity contribution in [1.29, 1.82) is 0 Å². The maximum Gasteiger partial charge on any atom is 0.254 e. The molecule has 166 valence electrons. The fraction of sp³-hybridized carbons (Fsp3) is 0.364. The summed E-state index contributed by atoms with van der Waals surface area (Å²) in [5.74, 6) is 0.167. The molecule has 0 bridgehead atoms. The molecular formula is C22H25ClFN3O4. The van der Waals surface area contributed by atoms with Gasteiger partial charge in [-0.05, 0) is 30.7 Å². The maximum atomic E-state index is 13.9. The highest BCUT2D eigenvalue weighted by molar-refractivity contribution is 6.32. The predicted molar refractivity (Wildman–Crippen MR) is 116 cm³/mol. The molecule has 1 aliphatic heterocycles. The number of nitrogens with one attached hydrogen (secondary N) is 1. The van der Waals surface area contributed by atoms with Crippen molar-refractivity contribution >= 4 is 23.7 Å². The van der Waals surface area contributed by atoms with Crippen LogP contribution >= 0.6 is 11.6 Å². The van der Waals surface area contributed by atoms with Gasteiger partial charge in [0.25, 0.3) is 5.91 Å². The molecule has 0 aromatic heterocycles. The minimum Gasteiger partial charge on any atom is -0.490 e. The molecule has 1 saturated heterocycles. The van der Waals surface area contributed by atoms with E-state index in [0.29, 0.717) is 47.5 Å². The molecule has 1 fully saturated rings. The highest BCUT2D eigenvalue weighted by atomic mass is 35.5. The number of rotatable bonds is 9. The van der Waals surface area contributed by atoms with Gasteiger partial charge in [0, 0.05) is 18.7 Å². The third-order valence-corrected chi connectivity index (χ3v) is 4.82. The first-order chi connectivity index (χ1) is 15.1. The van der Waals surface area contributed by atoms with E-state index >= 15 is 0 Å². The van der Waals surface area contributed by atoms with Gasteiger partial charge >= 0.3 is 0 Å². The largest absolute Gasteiger partial charge is 0.490 e. The lowest BCUT2D eigenvalue weighted by Gasteiger charge is -2.25. The Bertz CT molecular complexity index is 920. The lowest BCUT2D eigenvalue weighted by Crippen LogP contribution is -2.42. The summed E-state index contributed by atoms with van der Waals surface area (Å²) in [4.78, 5) is 14.0. The number of hydrogen-bond donors (Lipinski definition) is 1. The van der Waals surface area contributed by atoms with Gasteiger partial charge in [0.15, 0.2) is 11.5 Å². The summed E-state index contributed by atoms with van der Waals surface area (Å²) in [5.41, 5.74) is 3.54. The molecule has 0 spiro atoms. The number of amides is 1. The Morgan fingerprint density at radius 1 is 1.29 bits per heavy atom. The van der Waals surface area contributed by atoms with Crippen LogP contribution in [0.4, 0.5) is 4.39 Å². The van der Waals surface area contributed by atoms with E-state index in [2.05, 4.69) is 10.5 Å². The molecule has 31 heavy (non-hydrogen) atoms. The lowest BCUT2D eigenvalue weighted by molar-refractivity contribution is -0.123. The Morgan fingerprint density at radius 2 is 2.06 bits per heavy atom. The van der Waals surface area contributed by atoms with Crippen LogP contribution in [-0.2, 0) is 16.1 Å². The van der Waals surface area contributed by atoms with Crippen LogP contribution in [0.2, 0.25) is 5.02 Å². The van der Waals surface area contributed by atoms with Gasteiger partial charge in [-0.15, -0.1) is 0 Å². The van der Waals surface area contributed by atoms with E-state index in [0.717, 1.165) is 13.1 Å². The minimum atomic E-state index is -0.354. The minimum absolute atomic E-state index is 0.0114. The van der Waals surface area contributed by atoms with Crippen LogP contribution in [0.5, 0.6) is 11.5 Å². The quantitative estimate of drug-likeness (QED) is 0.470. The van der Waals surface area contributed by atoms with Crippen molar-refractivity contribution in [3.63, 3.8) is 0 Å². The molecule has 0 radical (unpaired) electrons. The number of benzene rings is 2. The number of carbonyl (C=O) groups excluding carboxylic acids is 1. The molecule has 3 rings (SSSR count). The van der Waals surface area contributed by atoms with E-state index in [4.69, 9.17) is 25.8 Å². The fourth-order valence-corrected chi connectivity index (χ4v) is 3.28. The zero-order chi connectivity index (χ0) is 22.1. The molecule has 2 aromatic carbocycles. The van der Waals surface area contributed by atoms with Crippen molar-refractivity contribution in [2.45, 2.75) is 13.5 Å². The van der Waals surface area contributed by atoms with Crippen LogP contribution < -0.4 is 14.9 Å². The zero-order valence-corrected chi connectivity index (χ0v) is 18.0. The number of morpholine rings is 1. The topological polar surface area (TPSA) is 72.4 Å². The first kappa shape index (κ1) is 23.0. The van der Waals surface area contributed by atoms with Crippen LogP contribution in [0.25, 0.3) is 0 Å². The molecular weight excluding hydrogens is 425 g/mol. The molecule has 0 unspecified atom stereocenters. The second kappa shape index (κ2) is 11.6. The highest BCUT2D eigenvalue weighted by Gasteiger charge is 2.15. The van der Waals surface area contributed by atoms with E-state index in [1.807, 2.05) is 11.8 Å². The molecule has 9 heteroatoms. The zero-order valence-electron chi connectivity index (χ0n) is 17.3. The summed E-state index contributed by atoms with van der Waals surface area (Å²) in [7, 11) is 0. The van der Waals surface area contributed by atoms with E-state index < -0.39 is 0 Å². The Kier molecular flexibility index (Phi) is 8.63. The van der Waals surface area contributed by atoms with Gasteiger partial charge in [-0.25, -0.2) is 9.82 Å². The predicted octanol–water partition coefficient (Wildman–Crippen LogP) is 3.24. The second-order valence-electron chi connectivity index (χ2n) is 6.82. The maximum absolute atomic E-state index is 13.9. The van der Waals surface area contributed by atoms with E-state index in [1.165, 1.54) is 12.3 Å². The third-order valence-electron chi connectivity index (χ3n) is 4.54. The van der Waals surface area contributed by atoms with Gasteiger partial charge in [-0.2, -0.15) is 5.10 Å². The first-order valence-corrected chi connectivity index (χ1v) is 10.4. The van der Waals surface area contributed by atoms with E-state index in [1.54, 1.807) is 30.3 Å². The molecule has 0 aliphatic carbocycles. The van der Waals surface area contributed by atoms with Gasteiger partial charge in [-0.3, -0.25) is 9.69 Å². The summed E-state index contributed by atoms with van der Waals surface area (Å²) >= 11 is 6.38. The monoisotopic (exact) mass is 449 g/mol. The van der Waals surface area contributed by atoms with E-state index in [9.17, 15) is 9.18 Å². The van der Waals surface area contributed by atoms with Crippen LogP contribution in [0, 0.1) is 5.82 Å². The number of halogens is 2. The average Bonchev–Trinajstić information content (AvgIpc) is 2.75. The van der Waals surface area contributed by atoms with Crippen LogP contribution in [0.3, 0.4) is 0 Å².